The fourth-order valence-corrected chi connectivity index (χ4v) is 4.97. The number of aliphatic carboxylic acids is 1. The quantitative estimate of drug-likeness (QED) is 0.00684. The number of carboxylic acids is 1. The van der Waals surface area contributed by atoms with Crippen molar-refractivity contribution in [3.63, 3.8) is 0 Å². The molecule has 0 heterocycles. The Morgan fingerprint density at radius 3 is 1.30 bits per heavy atom. The standard InChI is InChI=1S/C15H32N4O2.C9H21N3O.C8H18N2O2.C7H17N3O.C2H7N.CH4I.CH5N.CH4.B.FH.H2/c1-11(2)18-15(19-12(3)4)21-14(20)13(17-6)9-7-8-10-16-5;1-10-7-5-4-6-8(11-2)9(13)12-3;1-9-6-4-3-5-7(10-2)8(11)12;1-10-6(7(9)11)4-2-3-5-8;1-3-2;2*1-2;;;;/h11-13,16-17H,7-10H2,1-6H3,(H,18,19);8,10-11H,4-7H2,1-3H3,(H,12,13);7,9-10H,3-6H2,1-2H3,(H,11,12);6,10H,2-5,8H2,1H3,(H2,9,11);3H,1-2H3;2H,1H3;2H2,1H3;1H4;;2*1H/q;;;;;-1;;;;;/i;;;;;2D;;;;;1+1. The number of primary amides is 1. The largest absolute Gasteiger partial charge is 0 e. The van der Waals surface area contributed by atoms with E-state index in [1.165, 1.54) is 7.05 Å². The second kappa shape index (κ2) is 72.7. The molecule has 23 heteroatoms. The number of hydrogen-bond donors (Lipinski definition) is 14. The first kappa shape index (κ1) is 84.6. The molecular formula is C44H111BFIN14O6-. The molecule has 0 saturated carbocycles. The molecule has 3 radical (unpaired) electrons. The van der Waals surface area contributed by atoms with E-state index in [-0.39, 0.29) is 98.4 Å². The van der Waals surface area contributed by atoms with Gasteiger partial charge >= 0.3 is 39.9 Å². The number of rotatable bonds is 29. The molecule has 20 nitrogen and oxygen atoms in total. The Labute approximate surface area is 427 Å². The molecule has 0 fully saturated rings. The molecule has 0 aliphatic rings. The first-order chi connectivity index (χ1) is 30.9. The molecular weight excluding hydrogens is 977 g/mol. The van der Waals surface area contributed by atoms with Crippen LogP contribution in [0.5, 0.6) is 0 Å². The van der Waals surface area contributed by atoms with Crippen LogP contribution in [-0.4, -0.2) is 189 Å². The molecule has 2 amide bonds. The second-order valence-corrected chi connectivity index (χ2v) is 14.6. The van der Waals surface area contributed by atoms with Gasteiger partial charge in [0.05, 0.1) is 12.1 Å². The summed E-state index contributed by atoms with van der Waals surface area (Å²) in [6, 6.07) is -0.374. The predicted octanol–water partition coefficient (Wildman–Crippen LogP) is -2.82. The van der Waals surface area contributed by atoms with Crippen LogP contribution in [0.15, 0.2) is 4.99 Å². The fraction of sp³-hybridized carbons (Fsp3) is 0.886. The number of esters is 1. The van der Waals surface area contributed by atoms with Gasteiger partial charge in [0.25, 0.3) is 6.02 Å². The van der Waals surface area contributed by atoms with Gasteiger partial charge in [-0.25, -0.2) is 9.79 Å². The normalized spacial score (nSPS) is 11.8. The third-order valence-corrected chi connectivity index (χ3v) is 8.32. The maximum atomic E-state index is 12.2. The topological polar surface area (TPSA) is 308 Å². The number of carbonyl (C=O) groups is 4. The van der Waals surface area contributed by atoms with Crippen molar-refractivity contribution in [3.05, 3.63) is 0 Å². The van der Waals surface area contributed by atoms with E-state index < -0.39 is 5.97 Å². The van der Waals surface area contributed by atoms with E-state index in [0.29, 0.717) is 19.0 Å². The molecule has 0 rings (SSSR count). The zero-order valence-electron chi connectivity index (χ0n) is 45.3. The summed E-state index contributed by atoms with van der Waals surface area (Å²) in [7, 11) is 19.7. The molecule has 0 aromatic carbocycles. The summed E-state index contributed by atoms with van der Waals surface area (Å²) < 4.78 is 11.7. The van der Waals surface area contributed by atoms with E-state index in [9.17, 15) is 19.2 Å². The monoisotopic (exact) mass is 1090 g/mol. The molecule has 67 heavy (non-hydrogen) atoms. The third-order valence-electron chi connectivity index (χ3n) is 8.32. The Bertz CT molecular complexity index is 1060. The predicted molar refractivity (Wildman–Crippen MR) is 285 cm³/mol. The molecule has 0 bridgehead atoms. The van der Waals surface area contributed by atoms with Crippen molar-refractivity contribution in [2.75, 3.05) is 109 Å². The van der Waals surface area contributed by atoms with E-state index in [1.807, 2.05) is 74.9 Å². The summed E-state index contributed by atoms with van der Waals surface area (Å²) in [6.45, 7) is 11.5. The Balaban J connectivity index is -0.0000000691. The minimum Gasteiger partial charge on any atom is 0 e. The van der Waals surface area contributed by atoms with E-state index in [4.69, 9.17) is 21.9 Å². The molecule has 411 valence electrons. The average molecular weight is 1090 g/mol. The van der Waals surface area contributed by atoms with Crippen LogP contribution in [0.25, 0.3) is 0 Å². The molecule has 0 aliphatic carbocycles. The number of likely N-dealkylation sites (N-methyl/N-ethyl adjacent to an activating group) is 5. The third kappa shape index (κ3) is 70.4. The molecule has 0 aromatic heterocycles. The van der Waals surface area contributed by atoms with Crippen molar-refractivity contribution >= 4 is 38.2 Å². The molecule has 17 N–H and O–H groups in total. The van der Waals surface area contributed by atoms with E-state index in [0.717, 1.165) is 90.3 Å². The van der Waals surface area contributed by atoms with Gasteiger partial charge in [0.15, 0.2) is 0 Å². The number of hydrogen-bond acceptors (Lipinski definition) is 16. The summed E-state index contributed by atoms with van der Waals surface area (Å²) >= 11 is -0.160. The number of halogens is 2. The van der Waals surface area contributed by atoms with Crippen LogP contribution in [0.2, 0.25) is 0 Å². The zero-order valence-corrected chi connectivity index (χ0v) is 46.5. The number of nitrogens with two attached hydrogens (primary N) is 3. The van der Waals surface area contributed by atoms with Crippen LogP contribution in [0.1, 0.15) is 114 Å². The molecule has 4 atom stereocenters. The summed E-state index contributed by atoms with van der Waals surface area (Å²) in [5, 5.41) is 37.9. The average Bonchev–Trinajstić information content (AvgIpc) is 3.26. The zero-order chi connectivity index (χ0) is 51.9. The number of amides is 2. The minimum absolute atomic E-state index is 0. The van der Waals surface area contributed by atoms with Gasteiger partial charge in [-0.05, 0) is 176 Å². The Hall–Kier alpha value is -2.33. The van der Waals surface area contributed by atoms with E-state index in [2.05, 4.69) is 63.9 Å². The number of nitrogens with one attached hydrogen (secondary N) is 10. The number of ether oxygens (including phenoxy) is 1. The van der Waals surface area contributed by atoms with Crippen molar-refractivity contribution in [1.82, 2.24) is 53.2 Å². The number of carbonyl (C=O) groups excluding carboxylic acids is 3. The van der Waals surface area contributed by atoms with Gasteiger partial charge < -0.3 is 80.2 Å². The number of carboxylic acid groups (broad SMARTS) is 1. The summed E-state index contributed by atoms with van der Waals surface area (Å²) in [4.78, 5) is 50.8. The van der Waals surface area contributed by atoms with Crippen molar-refractivity contribution in [3.8, 4) is 0 Å². The fourth-order valence-electron chi connectivity index (χ4n) is 4.97. The van der Waals surface area contributed by atoms with E-state index >= 15 is 0 Å². The van der Waals surface area contributed by atoms with E-state index in [1.54, 1.807) is 28.2 Å². The van der Waals surface area contributed by atoms with Gasteiger partial charge in [-0.2, -0.15) is 0 Å². The van der Waals surface area contributed by atoms with Crippen LogP contribution in [0.3, 0.4) is 0 Å². The molecule has 4 unspecified atom stereocenters. The first-order valence-electron chi connectivity index (χ1n) is 23.1. The van der Waals surface area contributed by atoms with Gasteiger partial charge in [0, 0.05) is 29.0 Å². The maximum absolute atomic E-state index is 12.2. The molecule has 0 aliphatic heterocycles. The van der Waals surface area contributed by atoms with Crippen LogP contribution in [0, 0.1) is 0 Å². The van der Waals surface area contributed by atoms with Crippen LogP contribution < -0.4 is 92.8 Å². The van der Waals surface area contributed by atoms with Gasteiger partial charge in [0.2, 0.25) is 11.8 Å². The number of nitrogens with zero attached hydrogens (tertiary/aromatic N) is 1. The van der Waals surface area contributed by atoms with Crippen LogP contribution in [-0.2, 0) is 23.9 Å². The Morgan fingerprint density at radius 2 is 1.01 bits per heavy atom. The molecule has 0 aromatic rings. The summed E-state index contributed by atoms with van der Waals surface area (Å²) in [5.74, 6) is -1.26. The molecule has 0 spiro atoms. The van der Waals surface area contributed by atoms with Crippen LogP contribution >= 0.6 is 0 Å². The number of aliphatic imine (C=N–C) groups is 1. The Morgan fingerprint density at radius 1 is 0.672 bits per heavy atom. The number of alkyl halides is 1. The second-order valence-electron chi connectivity index (χ2n) is 14.6. The van der Waals surface area contributed by atoms with Gasteiger partial charge in [-0.3, -0.25) is 19.1 Å². The summed E-state index contributed by atoms with van der Waals surface area (Å²) in [6.07, 6.45) is 11.2. The SMILES string of the molecule is C.CN.CNC.CNC(CCCCN)C(N)=O.CNCCCCC(NC)C(=O)NC.CNCCCCC(NC)C(=O)O.CNCCCCC(NC)C(=O)OC(=NC(C)C)NC(C)C.F.[2HH].[2H][I-]C.[B]. The number of amidine groups is 1. The molecule has 0 saturated heterocycles. The summed E-state index contributed by atoms with van der Waals surface area (Å²) in [5.41, 5.74) is 14.9. The van der Waals surface area contributed by atoms with Crippen molar-refractivity contribution in [2.24, 2.45) is 22.2 Å². The van der Waals surface area contributed by atoms with Gasteiger partial charge in [0.1, 0.15) is 12.1 Å². The minimum atomic E-state index is -0.762. The van der Waals surface area contributed by atoms with Crippen molar-refractivity contribution < 1.29 is 57.5 Å². The van der Waals surface area contributed by atoms with Gasteiger partial charge in [-0.15, -0.1) is 0 Å². The van der Waals surface area contributed by atoms with Crippen molar-refractivity contribution in [2.45, 2.75) is 148 Å². The van der Waals surface area contributed by atoms with Gasteiger partial charge in [-0.1, -0.05) is 33.1 Å². The first-order valence-corrected chi connectivity index (χ1v) is 24.8. The smallest absolute Gasteiger partial charge is 0 e. The Kier molecular flexibility index (Phi) is 91.7. The number of unbranched alkanes of at least 4 members (excludes halogenated alkanes) is 4. The van der Waals surface area contributed by atoms with Crippen LogP contribution in [0.4, 0.5) is 4.70 Å². The maximum Gasteiger partial charge on any atom is 0 e. The van der Waals surface area contributed by atoms with Crippen molar-refractivity contribution in [1.29, 1.82) is 0.594 Å².